The van der Waals surface area contributed by atoms with Crippen molar-refractivity contribution in [2.45, 2.75) is 33.1 Å². The van der Waals surface area contributed by atoms with Crippen molar-refractivity contribution in [1.82, 2.24) is 10.1 Å². The predicted octanol–water partition coefficient (Wildman–Crippen LogP) is 4.97. The number of aryl methyl sites for hydroxylation is 3. The zero-order valence-electron chi connectivity index (χ0n) is 14.8. The van der Waals surface area contributed by atoms with Crippen LogP contribution in [0.3, 0.4) is 0 Å². The first kappa shape index (κ1) is 18.1. The van der Waals surface area contributed by atoms with Gasteiger partial charge in [-0.2, -0.15) is 4.98 Å². The van der Waals surface area contributed by atoms with Crippen LogP contribution in [0.15, 0.2) is 47.0 Å². The summed E-state index contributed by atoms with van der Waals surface area (Å²) >= 11 is 6.14. The number of anilines is 1. The Hall–Kier alpha value is -2.66. The number of nitrogens with zero attached hydrogens (tertiary/aromatic N) is 2. The standard InChI is InChI=1S/C20H20ClN3O2/c1-13-10-11-17(14(2)12-13)22-18(25)8-5-9-19-23-20(24-26-19)15-6-3-4-7-16(15)21/h3-4,6-7,10-12H,5,8-9H2,1-2H3,(H,22,25). The van der Waals surface area contributed by atoms with Crippen LogP contribution in [0.2, 0.25) is 5.02 Å². The Labute approximate surface area is 157 Å². The molecule has 0 saturated carbocycles. The van der Waals surface area contributed by atoms with E-state index in [2.05, 4.69) is 15.5 Å². The fourth-order valence-electron chi connectivity index (χ4n) is 2.68. The van der Waals surface area contributed by atoms with Crippen molar-refractivity contribution in [2.24, 2.45) is 0 Å². The maximum absolute atomic E-state index is 12.1. The van der Waals surface area contributed by atoms with Crippen LogP contribution < -0.4 is 5.32 Å². The quantitative estimate of drug-likeness (QED) is 0.666. The Morgan fingerprint density at radius 3 is 2.77 bits per heavy atom. The molecule has 2 aromatic carbocycles. The molecule has 0 aliphatic heterocycles. The third kappa shape index (κ3) is 4.49. The van der Waals surface area contributed by atoms with Gasteiger partial charge < -0.3 is 9.84 Å². The number of aromatic nitrogens is 2. The second kappa shape index (κ2) is 8.15. The lowest BCUT2D eigenvalue weighted by molar-refractivity contribution is -0.116. The lowest BCUT2D eigenvalue weighted by Gasteiger charge is -2.08. The summed E-state index contributed by atoms with van der Waals surface area (Å²) in [6, 6.07) is 13.3. The molecule has 1 aromatic heterocycles. The van der Waals surface area contributed by atoms with Gasteiger partial charge in [0.05, 0.1) is 5.02 Å². The van der Waals surface area contributed by atoms with E-state index in [0.29, 0.717) is 36.0 Å². The predicted molar refractivity (Wildman–Crippen MR) is 102 cm³/mol. The number of rotatable bonds is 6. The van der Waals surface area contributed by atoms with E-state index in [9.17, 15) is 4.79 Å². The molecule has 0 bridgehead atoms. The summed E-state index contributed by atoms with van der Waals surface area (Å²) in [6.45, 7) is 4.01. The Morgan fingerprint density at radius 2 is 2.00 bits per heavy atom. The molecular weight excluding hydrogens is 350 g/mol. The normalized spacial score (nSPS) is 10.7. The van der Waals surface area contributed by atoms with Gasteiger partial charge in [-0.05, 0) is 44.0 Å². The Balaban J connectivity index is 1.52. The molecule has 0 aliphatic rings. The first-order valence-electron chi connectivity index (χ1n) is 8.47. The van der Waals surface area contributed by atoms with Crippen LogP contribution in [0, 0.1) is 13.8 Å². The number of hydrogen-bond donors (Lipinski definition) is 1. The van der Waals surface area contributed by atoms with Gasteiger partial charge in [0.1, 0.15) is 0 Å². The number of halogens is 1. The molecule has 0 unspecified atom stereocenters. The molecule has 1 amide bonds. The van der Waals surface area contributed by atoms with Gasteiger partial charge in [0.15, 0.2) is 0 Å². The molecule has 0 radical (unpaired) electrons. The highest BCUT2D eigenvalue weighted by molar-refractivity contribution is 6.33. The van der Waals surface area contributed by atoms with Crippen LogP contribution in [0.5, 0.6) is 0 Å². The van der Waals surface area contributed by atoms with Crippen molar-refractivity contribution in [3.05, 3.63) is 64.5 Å². The molecule has 6 heteroatoms. The van der Waals surface area contributed by atoms with Gasteiger partial charge in [-0.1, -0.05) is 46.6 Å². The molecule has 0 fully saturated rings. The maximum atomic E-state index is 12.1. The summed E-state index contributed by atoms with van der Waals surface area (Å²) in [5.41, 5.74) is 3.81. The SMILES string of the molecule is Cc1ccc(NC(=O)CCCc2nc(-c3ccccc3Cl)no2)c(C)c1. The van der Waals surface area contributed by atoms with Crippen LogP contribution in [0.25, 0.3) is 11.4 Å². The molecular formula is C20H20ClN3O2. The minimum atomic E-state index is -0.0252. The van der Waals surface area contributed by atoms with E-state index in [1.165, 1.54) is 5.56 Å². The molecule has 3 aromatic rings. The second-order valence-corrected chi connectivity index (χ2v) is 6.62. The highest BCUT2D eigenvalue weighted by Gasteiger charge is 2.12. The highest BCUT2D eigenvalue weighted by Crippen LogP contribution is 2.25. The zero-order chi connectivity index (χ0) is 18.5. The minimum absolute atomic E-state index is 0.0252. The first-order valence-corrected chi connectivity index (χ1v) is 8.85. The van der Waals surface area contributed by atoms with Crippen LogP contribution in [0.4, 0.5) is 5.69 Å². The molecule has 1 N–H and O–H groups in total. The summed E-state index contributed by atoms with van der Waals surface area (Å²) in [5, 5.41) is 7.48. The summed E-state index contributed by atoms with van der Waals surface area (Å²) < 4.78 is 5.25. The Kier molecular flexibility index (Phi) is 5.68. The molecule has 5 nitrogen and oxygen atoms in total. The molecule has 3 rings (SSSR count). The maximum Gasteiger partial charge on any atom is 0.226 e. The lowest BCUT2D eigenvalue weighted by Crippen LogP contribution is -2.12. The number of benzene rings is 2. The average Bonchev–Trinajstić information content (AvgIpc) is 3.06. The van der Waals surface area contributed by atoms with E-state index in [4.69, 9.17) is 16.1 Å². The fraction of sp³-hybridized carbons (Fsp3) is 0.250. The second-order valence-electron chi connectivity index (χ2n) is 6.21. The van der Waals surface area contributed by atoms with Crippen molar-refractivity contribution in [3.8, 4) is 11.4 Å². The van der Waals surface area contributed by atoms with Crippen LogP contribution in [-0.2, 0) is 11.2 Å². The fourth-order valence-corrected chi connectivity index (χ4v) is 2.90. The van der Waals surface area contributed by atoms with E-state index in [0.717, 1.165) is 16.8 Å². The van der Waals surface area contributed by atoms with Crippen molar-refractivity contribution in [3.63, 3.8) is 0 Å². The molecule has 0 aliphatic carbocycles. The number of nitrogens with one attached hydrogen (secondary N) is 1. The number of hydrogen-bond acceptors (Lipinski definition) is 4. The van der Waals surface area contributed by atoms with Gasteiger partial charge in [0.2, 0.25) is 17.6 Å². The molecule has 26 heavy (non-hydrogen) atoms. The Morgan fingerprint density at radius 1 is 1.19 bits per heavy atom. The molecule has 1 heterocycles. The lowest BCUT2D eigenvalue weighted by atomic mass is 10.1. The highest BCUT2D eigenvalue weighted by atomic mass is 35.5. The third-order valence-electron chi connectivity index (χ3n) is 4.03. The number of carbonyl (C=O) groups excluding carboxylic acids is 1. The van der Waals surface area contributed by atoms with E-state index >= 15 is 0 Å². The summed E-state index contributed by atoms with van der Waals surface area (Å²) in [5.74, 6) is 0.937. The summed E-state index contributed by atoms with van der Waals surface area (Å²) in [4.78, 5) is 16.5. The van der Waals surface area contributed by atoms with Gasteiger partial charge in [0, 0.05) is 24.1 Å². The monoisotopic (exact) mass is 369 g/mol. The minimum Gasteiger partial charge on any atom is -0.339 e. The van der Waals surface area contributed by atoms with Gasteiger partial charge in [-0.15, -0.1) is 0 Å². The molecule has 0 saturated heterocycles. The van der Waals surface area contributed by atoms with E-state index < -0.39 is 0 Å². The van der Waals surface area contributed by atoms with Crippen LogP contribution in [0.1, 0.15) is 29.9 Å². The number of amides is 1. The Bertz CT molecular complexity index is 921. The third-order valence-corrected chi connectivity index (χ3v) is 4.36. The van der Waals surface area contributed by atoms with Gasteiger partial charge in [0.25, 0.3) is 0 Å². The summed E-state index contributed by atoms with van der Waals surface area (Å²) in [6.07, 6.45) is 1.55. The van der Waals surface area contributed by atoms with Crippen LogP contribution in [-0.4, -0.2) is 16.0 Å². The van der Waals surface area contributed by atoms with Crippen LogP contribution >= 0.6 is 11.6 Å². The van der Waals surface area contributed by atoms with E-state index in [1.54, 1.807) is 6.07 Å². The first-order chi connectivity index (χ1) is 12.5. The largest absolute Gasteiger partial charge is 0.339 e. The van der Waals surface area contributed by atoms with Gasteiger partial charge >= 0.3 is 0 Å². The number of carbonyl (C=O) groups is 1. The summed E-state index contributed by atoms with van der Waals surface area (Å²) in [7, 11) is 0. The molecule has 134 valence electrons. The van der Waals surface area contributed by atoms with Crippen molar-refractivity contribution in [1.29, 1.82) is 0 Å². The average molecular weight is 370 g/mol. The van der Waals surface area contributed by atoms with Crippen molar-refractivity contribution < 1.29 is 9.32 Å². The van der Waals surface area contributed by atoms with Gasteiger partial charge in [-0.3, -0.25) is 4.79 Å². The zero-order valence-corrected chi connectivity index (χ0v) is 15.5. The van der Waals surface area contributed by atoms with E-state index in [-0.39, 0.29) is 5.91 Å². The van der Waals surface area contributed by atoms with Gasteiger partial charge in [-0.25, -0.2) is 0 Å². The van der Waals surface area contributed by atoms with Crippen molar-refractivity contribution in [2.75, 3.05) is 5.32 Å². The molecule has 0 atom stereocenters. The van der Waals surface area contributed by atoms with E-state index in [1.807, 2.05) is 50.2 Å². The molecule has 0 spiro atoms. The van der Waals surface area contributed by atoms with Crippen molar-refractivity contribution >= 4 is 23.2 Å². The smallest absolute Gasteiger partial charge is 0.226 e. The topological polar surface area (TPSA) is 68.0 Å².